The van der Waals surface area contributed by atoms with Gasteiger partial charge in [0.2, 0.25) is 5.91 Å². The average molecular weight is 345 g/mol. The van der Waals surface area contributed by atoms with Crippen LogP contribution in [0.4, 0.5) is 0 Å². The van der Waals surface area contributed by atoms with Crippen LogP contribution in [0.3, 0.4) is 0 Å². The van der Waals surface area contributed by atoms with E-state index in [2.05, 4.69) is 5.32 Å². The van der Waals surface area contributed by atoms with E-state index in [4.69, 9.17) is 9.84 Å². The topological polar surface area (TPSA) is 92.7 Å². The van der Waals surface area contributed by atoms with Crippen LogP contribution in [-0.2, 0) is 19.1 Å². The molecule has 0 radical (unpaired) electrons. The molecular weight excluding hydrogens is 322 g/mol. The fourth-order valence-electron chi connectivity index (χ4n) is 2.64. The highest BCUT2D eigenvalue weighted by Crippen LogP contribution is 2.21. The van der Waals surface area contributed by atoms with E-state index in [1.54, 1.807) is 19.1 Å². The number of hydrogen-bond acceptors (Lipinski definition) is 4. The Hall–Kier alpha value is -2.63. The molecule has 1 aromatic carbocycles. The Balaban J connectivity index is 2.21. The quantitative estimate of drug-likeness (QED) is 0.648. The van der Waals surface area contributed by atoms with Crippen LogP contribution in [0.25, 0.3) is 0 Å². The number of allylic oxidation sites excluding steroid dienone is 2. The SMILES string of the molecule is C[C@@H]1C/C=C/C[C@@H](CC(=O)O)C(=O)NC[C@@H](c2ccccc2)OC1=O. The molecule has 6 heteroatoms. The molecule has 6 nitrogen and oxygen atoms in total. The van der Waals surface area contributed by atoms with E-state index in [-0.39, 0.29) is 30.8 Å². The van der Waals surface area contributed by atoms with Crippen LogP contribution in [0.5, 0.6) is 0 Å². The van der Waals surface area contributed by atoms with Gasteiger partial charge in [-0.2, -0.15) is 0 Å². The molecule has 1 aliphatic heterocycles. The van der Waals surface area contributed by atoms with Gasteiger partial charge < -0.3 is 15.2 Å². The third-order valence-electron chi connectivity index (χ3n) is 4.16. The van der Waals surface area contributed by atoms with Gasteiger partial charge in [-0.25, -0.2) is 0 Å². The molecule has 1 heterocycles. The molecule has 1 aliphatic rings. The molecule has 0 bridgehead atoms. The van der Waals surface area contributed by atoms with Crippen LogP contribution in [0.1, 0.15) is 37.9 Å². The number of aliphatic carboxylic acids is 1. The Bertz CT molecular complexity index is 640. The van der Waals surface area contributed by atoms with E-state index in [1.165, 1.54) is 0 Å². The number of cyclic esters (lactones) is 1. The second-order valence-corrected chi connectivity index (χ2v) is 6.22. The third-order valence-corrected chi connectivity index (χ3v) is 4.16. The lowest BCUT2D eigenvalue weighted by Crippen LogP contribution is -2.36. The van der Waals surface area contributed by atoms with E-state index >= 15 is 0 Å². The van der Waals surface area contributed by atoms with Crippen LogP contribution in [0.2, 0.25) is 0 Å². The maximum absolute atomic E-state index is 12.3. The summed E-state index contributed by atoms with van der Waals surface area (Å²) in [7, 11) is 0. The number of benzene rings is 1. The monoisotopic (exact) mass is 345 g/mol. The highest BCUT2D eigenvalue weighted by Gasteiger charge is 2.25. The molecular formula is C19H23NO5. The molecule has 0 saturated carbocycles. The number of esters is 1. The minimum absolute atomic E-state index is 0.112. The molecule has 134 valence electrons. The van der Waals surface area contributed by atoms with Crippen molar-refractivity contribution >= 4 is 17.8 Å². The number of carboxylic acids is 1. The number of hydrogen-bond donors (Lipinski definition) is 2. The summed E-state index contributed by atoms with van der Waals surface area (Å²) in [4.78, 5) is 35.6. The van der Waals surface area contributed by atoms with Gasteiger partial charge >= 0.3 is 11.9 Å². The van der Waals surface area contributed by atoms with Gasteiger partial charge in [0.15, 0.2) is 0 Å². The number of carboxylic acid groups (broad SMARTS) is 1. The van der Waals surface area contributed by atoms with E-state index in [0.717, 1.165) is 5.56 Å². The molecule has 1 amide bonds. The van der Waals surface area contributed by atoms with Crippen LogP contribution >= 0.6 is 0 Å². The van der Waals surface area contributed by atoms with Gasteiger partial charge in [-0.3, -0.25) is 14.4 Å². The van der Waals surface area contributed by atoms with Crippen molar-refractivity contribution in [3.63, 3.8) is 0 Å². The molecule has 2 N–H and O–H groups in total. The molecule has 0 fully saturated rings. The number of nitrogens with one attached hydrogen (secondary N) is 1. The fraction of sp³-hybridized carbons (Fsp3) is 0.421. The van der Waals surface area contributed by atoms with E-state index in [9.17, 15) is 14.4 Å². The van der Waals surface area contributed by atoms with Gasteiger partial charge in [0.25, 0.3) is 0 Å². The Morgan fingerprint density at radius 2 is 1.88 bits per heavy atom. The van der Waals surface area contributed by atoms with E-state index < -0.39 is 18.0 Å². The van der Waals surface area contributed by atoms with Gasteiger partial charge in [0.1, 0.15) is 6.10 Å². The van der Waals surface area contributed by atoms with Crippen molar-refractivity contribution in [1.82, 2.24) is 5.32 Å². The summed E-state index contributed by atoms with van der Waals surface area (Å²) >= 11 is 0. The fourth-order valence-corrected chi connectivity index (χ4v) is 2.64. The molecule has 0 unspecified atom stereocenters. The standard InChI is InChI=1S/C19H23NO5/c1-13-7-5-6-10-15(11-17(21)22)18(23)20-12-16(25-19(13)24)14-8-3-2-4-9-14/h2-6,8-9,13,15-16H,7,10-12H2,1H3,(H,20,23)(H,21,22)/b6-5+/t13-,15+,16+/m1/s1. The van der Waals surface area contributed by atoms with Crippen molar-refractivity contribution in [3.8, 4) is 0 Å². The first kappa shape index (κ1) is 18.7. The second kappa shape index (κ2) is 9.01. The smallest absolute Gasteiger partial charge is 0.309 e. The Kier molecular flexibility index (Phi) is 6.74. The van der Waals surface area contributed by atoms with Crippen LogP contribution < -0.4 is 5.32 Å². The highest BCUT2D eigenvalue weighted by molar-refractivity contribution is 5.83. The van der Waals surface area contributed by atoms with E-state index in [0.29, 0.717) is 12.8 Å². The Morgan fingerprint density at radius 1 is 1.20 bits per heavy atom. The van der Waals surface area contributed by atoms with Gasteiger partial charge in [-0.1, -0.05) is 49.4 Å². The zero-order valence-electron chi connectivity index (χ0n) is 14.2. The lowest BCUT2D eigenvalue weighted by atomic mass is 9.98. The summed E-state index contributed by atoms with van der Waals surface area (Å²) in [5, 5.41) is 11.7. The van der Waals surface area contributed by atoms with Crippen molar-refractivity contribution in [2.24, 2.45) is 11.8 Å². The Morgan fingerprint density at radius 3 is 2.56 bits per heavy atom. The van der Waals surface area contributed by atoms with Gasteiger partial charge in [-0.15, -0.1) is 0 Å². The maximum Gasteiger partial charge on any atom is 0.309 e. The maximum atomic E-state index is 12.3. The van der Waals surface area contributed by atoms with Crippen LogP contribution in [-0.4, -0.2) is 29.5 Å². The van der Waals surface area contributed by atoms with Crippen molar-refractivity contribution in [2.75, 3.05) is 6.54 Å². The highest BCUT2D eigenvalue weighted by atomic mass is 16.5. The molecule has 0 spiro atoms. The van der Waals surface area contributed by atoms with Gasteiger partial charge in [0, 0.05) is 0 Å². The van der Waals surface area contributed by atoms with Crippen molar-refractivity contribution in [3.05, 3.63) is 48.0 Å². The lowest BCUT2D eigenvalue weighted by molar-refractivity contribution is -0.154. The predicted molar refractivity (Wildman–Crippen MR) is 91.6 cm³/mol. The predicted octanol–water partition coefficient (Wildman–Crippen LogP) is 2.46. The van der Waals surface area contributed by atoms with Crippen molar-refractivity contribution in [2.45, 2.75) is 32.3 Å². The van der Waals surface area contributed by atoms with Gasteiger partial charge in [-0.05, 0) is 18.4 Å². The molecule has 25 heavy (non-hydrogen) atoms. The minimum Gasteiger partial charge on any atom is -0.481 e. The molecule has 1 aromatic rings. The number of amides is 1. The summed E-state index contributed by atoms with van der Waals surface area (Å²) in [6.45, 7) is 1.90. The zero-order chi connectivity index (χ0) is 18.2. The summed E-state index contributed by atoms with van der Waals surface area (Å²) in [6.07, 6.45) is 3.54. The van der Waals surface area contributed by atoms with E-state index in [1.807, 2.05) is 30.3 Å². The average Bonchev–Trinajstić information content (AvgIpc) is 2.60. The largest absolute Gasteiger partial charge is 0.481 e. The number of rotatable bonds is 3. The molecule has 0 aliphatic carbocycles. The summed E-state index contributed by atoms with van der Waals surface area (Å²) < 4.78 is 5.58. The minimum atomic E-state index is -1.01. The molecule has 0 aromatic heterocycles. The third kappa shape index (κ3) is 5.74. The number of carbonyl (C=O) groups is 3. The van der Waals surface area contributed by atoms with Gasteiger partial charge in [0.05, 0.1) is 24.8 Å². The Labute approximate surface area is 146 Å². The van der Waals surface area contributed by atoms with Crippen molar-refractivity contribution < 1.29 is 24.2 Å². The second-order valence-electron chi connectivity index (χ2n) is 6.22. The normalized spacial score (nSPS) is 26.5. The summed E-state index contributed by atoms with van der Waals surface area (Å²) in [6, 6.07) is 9.18. The first-order valence-electron chi connectivity index (χ1n) is 8.37. The zero-order valence-corrected chi connectivity index (χ0v) is 14.2. The molecule has 3 atom stereocenters. The van der Waals surface area contributed by atoms with Crippen molar-refractivity contribution in [1.29, 1.82) is 0 Å². The summed E-state index contributed by atoms with van der Waals surface area (Å²) in [5.41, 5.74) is 0.783. The molecule has 0 saturated heterocycles. The first-order valence-corrected chi connectivity index (χ1v) is 8.37. The van der Waals surface area contributed by atoms with Crippen LogP contribution in [0, 0.1) is 11.8 Å². The lowest BCUT2D eigenvalue weighted by Gasteiger charge is -2.23. The molecule has 2 rings (SSSR count). The first-order chi connectivity index (χ1) is 12.0. The summed E-state index contributed by atoms with van der Waals surface area (Å²) in [5.74, 6) is -2.64. The number of ether oxygens (including phenoxy) is 1. The number of carbonyl (C=O) groups excluding carboxylic acids is 2. The van der Waals surface area contributed by atoms with Crippen LogP contribution in [0.15, 0.2) is 42.5 Å².